The summed E-state index contributed by atoms with van der Waals surface area (Å²) in [6.45, 7) is 0. The summed E-state index contributed by atoms with van der Waals surface area (Å²) < 4.78 is 2.32. The Bertz CT molecular complexity index is 3330. The first-order chi connectivity index (χ1) is 30.2. The Morgan fingerprint density at radius 1 is 0.295 bits per heavy atom. The molecule has 3 nitrogen and oxygen atoms in total. The molecule has 0 saturated carbocycles. The Labute approximate surface area is 355 Å². The van der Waals surface area contributed by atoms with Gasteiger partial charge in [-0.25, -0.2) is 9.97 Å². The fourth-order valence-corrected chi connectivity index (χ4v) is 8.66. The number of benzene rings is 9. The minimum absolute atomic E-state index is 0.686. The van der Waals surface area contributed by atoms with Gasteiger partial charge in [0, 0.05) is 22.2 Å². The van der Waals surface area contributed by atoms with Crippen LogP contribution in [0.4, 0.5) is 0 Å². The van der Waals surface area contributed by atoms with Gasteiger partial charge >= 0.3 is 0 Å². The van der Waals surface area contributed by atoms with Gasteiger partial charge in [0.1, 0.15) is 5.52 Å². The average Bonchev–Trinajstić information content (AvgIpc) is 3.69. The Morgan fingerprint density at radius 3 is 1.41 bits per heavy atom. The first-order valence-electron chi connectivity index (χ1n) is 20.7. The van der Waals surface area contributed by atoms with Gasteiger partial charge in [-0.3, -0.25) is 0 Å². The molecule has 0 N–H and O–H groups in total. The molecule has 0 bridgehead atoms. The summed E-state index contributed by atoms with van der Waals surface area (Å²) in [4.78, 5) is 10.9. The van der Waals surface area contributed by atoms with Gasteiger partial charge in [-0.05, 0) is 98.1 Å². The maximum Gasteiger partial charge on any atom is 0.160 e. The summed E-state index contributed by atoms with van der Waals surface area (Å²) in [6.07, 6.45) is 0. The molecular formula is C58H39N3. The van der Waals surface area contributed by atoms with Crippen molar-refractivity contribution in [2.75, 3.05) is 0 Å². The number of hydrogen-bond acceptors (Lipinski definition) is 2. The highest BCUT2D eigenvalue weighted by atomic mass is 15.0. The van der Waals surface area contributed by atoms with E-state index in [0.717, 1.165) is 72.3 Å². The predicted molar refractivity (Wildman–Crippen MR) is 254 cm³/mol. The quantitative estimate of drug-likeness (QED) is 0.154. The molecule has 0 radical (unpaired) electrons. The van der Waals surface area contributed by atoms with E-state index in [2.05, 4.69) is 241 Å². The molecule has 61 heavy (non-hydrogen) atoms. The van der Waals surface area contributed by atoms with Crippen LogP contribution in [-0.4, -0.2) is 14.5 Å². The summed E-state index contributed by atoms with van der Waals surface area (Å²) >= 11 is 0. The minimum atomic E-state index is 0.686. The van der Waals surface area contributed by atoms with Crippen molar-refractivity contribution >= 4 is 21.9 Å². The van der Waals surface area contributed by atoms with Crippen LogP contribution in [0.1, 0.15) is 0 Å². The second kappa shape index (κ2) is 15.6. The molecule has 0 aliphatic carbocycles. The highest BCUT2D eigenvalue weighted by Crippen LogP contribution is 2.40. The van der Waals surface area contributed by atoms with E-state index in [9.17, 15) is 0 Å². The average molecular weight is 778 g/mol. The van der Waals surface area contributed by atoms with Gasteiger partial charge in [0.2, 0.25) is 0 Å². The van der Waals surface area contributed by atoms with Crippen molar-refractivity contribution in [2.45, 2.75) is 0 Å². The van der Waals surface area contributed by atoms with E-state index in [1.165, 1.54) is 27.8 Å². The van der Waals surface area contributed by atoms with E-state index in [0.29, 0.717) is 5.82 Å². The van der Waals surface area contributed by atoms with E-state index in [4.69, 9.17) is 9.97 Å². The van der Waals surface area contributed by atoms with Gasteiger partial charge in [-0.15, -0.1) is 0 Å². The topological polar surface area (TPSA) is 30.7 Å². The first-order valence-corrected chi connectivity index (χ1v) is 20.7. The lowest BCUT2D eigenvalue weighted by molar-refractivity contribution is 1.15. The molecule has 0 atom stereocenters. The zero-order valence-corrected chi connectivity index (χ0v) is 33.4. The van der Waals surface area contributed by atoms with Crippen molar-refractivity contribution in [3.05, 3.63) is 237 Å². The van der Waals surface area contributed by atoms with Crippen LogP contribution in [0.2, 0.25) is 0 Å². The van der Waals surface area contributed by atoms with E-state index >= 15 is 0 Å². The summed E-state index contributed by atoms with van der Waals surface area (Å²) in [5, 5.41) is 1.09. The fraction of sp³-hybridized carbons (Fsp3) is 0. The molecule has 3 heteroatoms. The van der Waals surface area contributed by atoms with Crippen molar-refractivity contribution in [2.24, 2.45) is 0 Å². The summed E-state index contributed by atoms with van der Waals surface area (Å²) in [7, 11) is 0. The van der Waals surface area contributed by atoms with E-state index in [1.807, 2.05) is 0 Å². The maximum absolute atomic E-state index is 5.50. The molecule has 9 aromatic carbocycles. The van der Waals surface area contributed by atoms with E-state index in [-0.39, 0.29) is 0 Å². The van der Waals surface area contributed by atoms with Crippen LogP contribution < -0.4 is 0 Å². The van der Waals surface area contributed by atoms with Crippen LogP contribution in [0.3, 0.4) is 0 Å². The Kier molecular flexibility index (Phi) is 9.18. The molecule has 0 unspecified atom stereocenters. The van der Waals surface area contributed by atoms with Crippen molar-refractivity contribution in [1.29, 1.82) is 0 Å². The molecule has 11 rings (SSSR count). The van der Waals surface area contributed by atoms with E-state index in [1.54, 1.807) is 0 Å². The summed E-state index contributed by atoms with van der Waals surface area (Å²) in [6, 6.07) is 84.0. The molecule has 0 aliphatic rings. The van der Waals surface area contributed by atoms with Crippen molar-refractivity contribution in [1.82, 2.24) is 14.5 Å². The number of aromatic nitrogens is 3. The molecule has 2 heterocycles. The first kappa shape index (κ1) is 36.0. The van der Waals surface area contributed by atoms with Gasteiger partial charge in [-0.2, -0.15) is 0 Å². The van der Waals surface area contributed by atoms with Gasteiger partial charge in [-0.1, -0.05) is 194 Å². The van der Waals surface area contributed by atoms with Crippen LogP contribution in [0.15, 0.2) is 237 Å². The minimum Gasteiger partial charge on any atom is -0.306 e. The van der Waals surface area contributed by atoms with Crippen LogP contribution >= 0.6 is 0 Å². The Hall–Kier alpha value is -8.14. The molecule has 0 amide bonds. The number of fused-ring (bicyclic) bond motifs is 3. The molecule has 0 saturated heterocycles. The summed E-state index contributed by atoms with van der Waals surface area (Å²) in [5.41, 5.74) is 18.6. The molecule has 2 aromatic heterocycles. The molecular weight excluding hydrogens is 739 g/mol. The number of nitrogens with zero attached hydrogens (tertiary/aromatic N) is 3. The third kappa shape index (κ3) is 6.78. The molecule has 286 valence electrons. The lowest BCUT2D eigenvalue weighted by atomic mass is 9.90. The van der Waals surface area contributed by atoms with Crippen molar-refractivity contribution in [3.63, 3.8) is 0 Å². The van der Waals surface area contributed by atoms with Crippen molar-refractivity contribution < 1.29 is 0 Å². The fourth-order valence-electron chi connectivity index (χ4n) is 8.66. The van der Waals surface area contributed by atoms with Gasteiger partial charge in [0.25, 0.3) is 0 Å². The number of hydrogen-bond donors (Lipinski definition) is 0. The molecule has 0 aliphatic heterocycles. The smallest absolute Gasteiger partial charge is 0.160 e. The predicted octanol–water partition coefficient (Wildman–Crippen LogP) is 15.2. The summed E-state index contributed by atoms with van der Waals surface area (Å²) in [5.74, 6) is 0.686. The lowest BCUT2D eigenvalue weighted by Crippen LogP contribution is -2.00. The Balaban J connectivity index is 1.05. The highest BCUT2D eigenvalue weighted by Gasteiger charge is 2.22. The lowest BCUT2D eigenvalue weighted by Gasteiger charge is -2.14. The SMILES string of the molecule is c1ccc(-c2cccc(-c3nc(-c4cccc(-c5cccc(-c6ccc(-c7ccccc7)c(-c7ccccc7)c6)c5)c4)nc4c5ccccc5n(-c5ccccc5)c34)c2)cc1. The zero-order chi connectivity index (χ0) is 40.5. The zero-order valence-electron chi connectivity index (χ0n) is 33.4. The second-order valence-corrected chi connectivity index (χ2v) is 15.4. The standard InChI is InChI=1S/C58H39N3/c1-5-18-40(19-6-1)43-24-16-28-48(37-43)55-57-56(52-32-13-14-33-54(52)61(57)50-30-11-4-12-31-50)60-58(59-55)49-29-17-27-46(38-49)44-25-15-26-45(36-44)47-34-35-51(41-20-7-2-8-21-41)53(39-47)42-22-9-3-10-23-42/h1-39H. The second-order valence-electron chi connectivity index (χ2n) is 15.4. The normalized spacial score (nSPS) is 11.3. The third-order valence-corrected chi connectivity index (χ3v) is 11.6. The largest absolute Gasteiger partial charge is 0.306 e. The maximum atomic E-state index is 5.50. The highest BCUT2D eigenvalue weighted by molar-refractivity contribution is 6.11. The molecule has 0 spiro atoms. The van der Waals surface area contributed by atoms with Gasteiger partial charge < -0.3 is 4.57 Å². The number of rotatable bonds is 8. The van der Waals surface area contributed by atoms with E-state index < -0.39 is 0 Å². The molecule has 11 aromatic rings. The van der Waals surface area contributed by atoms with Crippen LogP contribution in [0, 0.1) is 0 Å². The number of para-hydroxylation sites is 2. The van der Waals surface area contributed by atoms with Crippen LogP contribution in [0.5, 0.6) is 0 Å². The Morgan fingerprint density at radius 2 is 0.754 bits per heavy atom. The van der Waals surface area contributed by atoms with Crippen LogP contribution in [-0.2, 0) is 0 Å². The van der Waals surface area contributed by atoms with Gasteiger partial charge in [0.05, 0.1) is 16.7 Å². The van der Waals surface area contributed by atoms with Crippen molar-refractivity contribution in [3.8, 4) is 84.0 Å². The van der Waals surface area contributed by atoms with Gasteiger partial charge in [0.15, 0.2) is 5.82 Å². The molecule has 0 fully saturated rings. The van der Waals surface area contributed by atoms with Crippen LogP contribution in [0.25, 0.3) is 106 Å². The third-order valence-electron chi connectivity index (χ3n) is 11.6. The monoisotopic (exact) mass is 777 g/mol.